The monoisotopic (exact) mass is 405 g/mol. The lowest BCUT2D eigenvalue weighted by Gasteiger charge is -2.12. The van der Waals surface area contributed by atoms with Crippen LogP contribution in [0, 0.1) is 0 Å². The lowest BCUT2D eigenvalue weighted by molar-refractivity contribution is -0.128. The van der Waals surface area contributed by atoms with Crippen molar-refractivity contribution in [1.29, 1.82) is 0 Å². The fourth-order valence-corrected chi connectivity index (χ4v) is 3.22. The van der Waals surface area contributed by atoms with Gasteiger partial charge in [0.25, 0.3) is 0 Å². The summed E-state index contributed by atoms with van der Waals surface area (Å²) in [5.74, 6) is -0.131. The number of carbonyl (C=O) groups is 2. The van der Waals surface area contributed by atoms with Gasteiger partial charge in [0, 0.05) is 19.8 Å². The van der Waals surface area contributed by atoms with Crippen LogP contribution < -0.4 is 10.6 Å². The molecule has 0 saturated heterocycles. The standard InChI is InChI=1S/C23H23N3O2S/c1-26(2)22(28)14-16-10-12-19(13-11-16)24-23(29)25-21(27)15-18-8-5-7-17-6-3-4-9-20(17)18/h3-13H,14-15H2,1-2H3,(H2,24,25,27,29). The van der Waals surface area contributed by atoms with E-state index in [1.165, 1.54) is 0 Å². The third-order valence-corrected chi connectivity index (χ3v) is 4.75. The zero-order chi connectivity index (χ0) is 20.8. The number of rotatable bonds is 5. The highest BCUT2D eigenvalue weighted by Crippen LogP contribution is 2.19. The molecule has 2 amide bonds. The van der Waals surface area contributed by atoms with Crippen LogP contribution in [0.1, 0.15) is 11.1 Å². The molecule has 3 aromatic carbocycles. The van der Waals surface area contributed by atoms with Gasteiger partial charge in [0.05, 0.1) is 12.8 Å². The Morgan fingerprint density at radius 1 is 0.897 bits per heavy atom. The van der Waals surface area contributed by atoms with E-state index in [0.29, 0.717) is 6.42 Å². The highest BCUT2D eigenvalue weighted by atomic mass is 32.1. The van der Waals surface area contributed by atoms with Gasteiger partial charge >= 0.3 is 0 Å². The number of nitrogens with one attached hydrogen (secondary N) is 2. The van der Waals surface area contributed by atoms with Crippen LogP contribution in [-0.4, -0.2) is 35.9 Å². The first-order valence-electron chi connectivity index (χ1n) is 9.29. The molecule has 29 heavy (non-hydrogen) atoms. The van der Waals surface area contributed by atoms with Gasteiger partial charge in [-0.2, -0.15) is 0 Å². The van der Waals surface area contributed by atoms with Crippen LogP contribution in [-0.2, 0) is 22.4 Å². The quantitative estimate of drug-likeness (QED) is 0.638. The second-order valence-electron chi connectivity index (χ2n) is 6.98. The molecule has 0 radical (unpaired) electrons. The molecular formula is C23H23N3O2S. The first-order valence-corrected chi connectivity index (χ1v) is 9.70. The van der Waals surface area contributed by atoms with Crippen molar-refractivity contribution >= 4 is 45.6 Å². The number of anilines is 1. The van der Waals surface area contributed by atoms with Gasteiger partial charge in [-0.1, -0.05) is 54.6 Å². The molecule has 148 valence electrons. The van der Waals surface area contributed by atoms with E-state index in [0.717, 1.165) is 27.6 Å². The molecule has 0 bridgehead atoms. The number of carbonyl (C=O) groups excluding carboxylic acids is 2. The summed E-state index contributed by atoms with van der Waals surface area (Å²) in [4.78, 5) is 25.7. The lowest BCUT2D eigenvalue weighted by Crippen LogP contribution is -2.35. The molecule has 0 aromatic heterocycles. The summed E-state index contributed by atoms with van der Waals surface area (Å²) in [7, 11) is 3.47. The summed E-state index contributed by atoms with van der Waals surface area (Å²) >= 11 is 5.26. The molecule has 0 heterocycles. The van der Waals surface area contributed by atoms with Crippen molar-refractivity contribution in [3.05, 3.63) is 77.9 Å². The number of hydrogen-bond acceptors (Lipinski definition) is 3. The van der Waals surface area contributed by atoms with Crippen LogP contribution in [0.4, 0.5) is 5.69 Å². The van der Waals surface area contributed by atoms with Crippen LogP contribution in [0.2, 0.25) is 0 Å². The Balaban J connectivity index is 1.56. The molecule has 0 saturated carbocycles. The number of thiocarbonyl (C=S) groups is 1. The topological polar surface area (TPSA) is 61.4 Å². The minimum absolute atomic E-state index is 0.0435. The number of nitrogens with zero attached hydrogens (tertiary/aromatic N) is 1. The maximum absolute atomic E-state index is 12.4. The third-order valence-electron chi connectivity index (χ3n) is 4.55. The summed E-state index contributed by atoms with van der Waals surface area (Å²) in [6, 6.07) is 21.3. The number of benzene rings is 3. The molecule has 3 rings (SSSR count). The minimum atomic E-state index is -0.174. The molecular weight excluding hydrogens is 382 g/mol. The van der Waals surface area contributed by atoms with E-state index < -0.39 is 0 Å². The summed E-state index contributed by atoms with van der Waals surface area (Å²) in [5.41, 5.74) is 2.62. The van der Waals surface area contributed by atoms with E-state index in [1.54, 1.807) is 19.0 Å². The van der Waals surface area contributed by atoms with Crippen molar-refractivity contribution in [2.75, 3.05) is 19.4 Å². The first-order chi connectivity index (χ1) is 13.9. The lowest BCUT2D eigenvalue weighted by atomic mass is 10.0. The maximum Gasteiger partial charge on any atom is 0.230 e. The molecule has 0 aliphatic rings. The zero-order valence-corrected chi connectivity index (χ0v) is 17.3. The van der Waals surface area contributed by atoms with Gasteiger partial charge in [-0.05, 0) is 46.2 Å². The van der Waals surface area contributed by atoms with Crippen LogP contribution in [0.3, 0.4) is 0 Å². The average molecular weight is 406 g/mol. The summed E-state index contributed by atoms with van der Waals surface area (Å²) in [6.07, 6.45) is 0.592. The fourth-order valence-electron chi connectivity index (χ4n) is 2.99. The molecule has 5 nitrogen and oxygen atoms in total. The van der Waals surface area contributed by atoms with Crippen LogP contribution in [0.25, 0.3) is 10.8 Å². The normalized spacial score (nSPS) is 10.4. The predicted molar refractivity (Wildman–Crippen MR) is 121 cm³/mol. The Morgan fingerprint density at radius 2 is 1.59 bits per heavy atom. The molecule has 3 aromatic rings. The number of amides is 2. The van der Waals surface area contributed by atoms with Crippen molar-refractivity contribution in [2.45, 2.75) is 12.8 Å². The van der Waals surface area contributed by atoms with Gasteiger partial charge in [-0.3, -0.25) is 9.59 Å². The Morgan fingerprint density at radius 3 is 2.31 bits per heavy atom. The van der Waals surface area contributed by atoms with Gasteiger partial charge < -0.3 is 15.5 Å². The van der Waals surface area contributed by atoms with Gasteiger partial charge in [-0.15, -0.1) is 0 Å². The molecule has 0 aliphatic carbocycles. The first kappa shape index (κ1) is 20.5. The fraction of sp³-hybridized carbons (Fsp3) is 0.174. The third kappa shape index (κ3) is 5.62. The minimum Gasteiger partial charge on any atom is -0.349 e. The molecule has 0 fully saturated rings. The van der Waals surface area contributed by atoms with E-state index in [9.17, 15) is 9.59 Å². The maximum atomic E-state index is 12.4. The molecule has 0 aliphatic heterocycles. The molecule has 2 N–H and O–H groups in total. The van der Waals surface area contributed by atoms with E-state index in [4.69, 9.17) is 12.2 Å². The van der Waals surface area contributed by atoms with Gasteiger partial charge in [0.2, 0.25) is 11.8 Å². The Kier molecular flexibility index (Phi) is 6.57. The predicted octanol–water partition coefficient (Wildman–Crippen LogP) is 3.53. The number of fused-ring (bicyclic) bond motifs is 1. The summed E-state index contributed by atoms with van der Waals surface area (Å²) in [5, 5.41) is 8.14. The SMILES string of the molecule is CN(C)C(=O)Cc1ccc(NC(=S)NC(=O)Cc2cccc3ccccc23)cc1. The molecule has 6 heteroatoms. The summed E-state index contributed by atoms with van der Waals surface area (Å²) < 4.78 is 0. The van der Waals surface area contributed by atoms with Crippen molar-refractivity contribution in [2.24, 2.45) is 0 Å². The van der Waals surface area contributed by atoms with Crippen LogP contribution in [0.15, 0.2) is 66.7 Å². The van der Waals surface area contributed by atoms with Crippen LogP contribution >= 0.6 is 12.2 Å². The van der Waals surface area contributed by atoms with Crippen molar-refractivity contribution in [3.8, 4) is 0 Å². The Hall–Kier alpha value is -3.25. The van der Waals surface area contributed by atoms with E-state index >= 15 is 0 Å². The number of likely N-dealkylation sites (N-methyl/N-ethyl adjacent to an activating group) is 1. The van der Waals surface area contributed by atoms with Gasteiger partial charge in [0.1, 0.15) is 0 Å². The second kappa shape index (κ2) is 9.30. The van der Waals surface area contributed by atoms with E-state index in [2.05, 4.69) is 10.6 Å². The van der Waals surface area contributed by atoms with E-state index in [-0.39, 0.29) is 23.3 Å². The smallest absolute Gasteiger partial charge is 0.230 e. The van der Waals surface area contributed by atoms with E-state index in [1.807, 2.05) is 66.7 Å². The zero-order valence-electron chi connectivity index (χ0n) is 16.4. The highest BCUT2D eigenvalue weighted by molar-refractivity contribution is 7.80. The Bertz CT molecular complexity index is 1040. The highest BCUT2D eigenvalue weighted by Gasteiger charge is 2.09. The molecule has 0 atom stereocenters. The average Bonchev–Trinajstić information content (AvgIpc) is 2.69. The van der Waals surface area contributed by atoms with Crippen molar-refractivity contribution in [1.82, 2.24) is 10.2 Å². The Labute approximate surface area is 175 Å². The second-order valence-corrected chi connectivity index (χ2v) is 7.39. The van der Waals surface area contributed by atoms with Crippen molar-refractivity contribution in [3.63, 3.8) is 0 Å². The van der Waals surface area contributed by atoms with Crippen LogP contribution in [0.5, 0.6) is 0 Å². The largest absolute Gasteiger partial charge is 0.349 e. The number of hydrogen-bond donors (Lipinski definition) is 2. The van der Waals surface area contributed by atoms with Crippen molar-refractivity contribution < 1.29 is 9.59 Å². The van der Waals surface area contributed by atoms with Gasteiger partial charge in [-0.25, -0.2) is 0 Å². The molecule has 0 unspecified atom stereocenters. The van der Waals surface area contributed by atoms with Gasteiger partial charge in [0.15, 0.2) is 5.11 Å². The molecule has 0 spiro atoms. The summed E-state index contributed by atoms with van der Waals surface area (Å²) in [6.45, 7) is 0.